The molecule has 0 aliphatic heterocycles. The van der Waals surface area contributed by atoms with Crippen LogP contribution in [0.4, 0.5) is 5.82 Å². The minimum Gasteiger partial charge on any atom is -0.581 e. The number of aromatic nitrogens is 2. The largest absolute Gasteiger partial charge is 0.581 e. The van der Waals surface area contributed by atoms with Crippen LogP contribution >= 0.6 is 11.5 Å². The van der Waals surface area contributed by atoms with Crippen molar-refractivity contribution < 1.29 is 4.23 Å². The van der Waals surface area contributed by atoms with Crippen molar-refractivity contribution in [1.29, 1.82) is 0 Å². The fraction of sp³-hybridized carbons (Fsp3) is 0. The van der Waals surface area contributed by atoms with E-state index < -0.39 is 0 Å². The quantitative estimate of drug-likeness (QED) is 0.363. The molecule has 38 valence electrons. The normalized spacial score (nSPS) is 9.14. The Balaban J connectivity index is 3.04. The minimum absolute atomic E-state index is 0.278. The van der Waals surface area contributed by atoms with Gasteiger partial charge in [-0.25, -0.2) is 0 Å². The molecule has 0 aliphatic rings. The molecule has 0 unspecified atom stereocenters. The third-order valence-electron chi connectivity index (χ3n) is 0.461. The van der Waals surface area contributed by atoms with Crippen molar-refractivity contribution in [2.45, 2.75) is 0 Å². The third-order valence-corrected chi connectivity index (χ3v) is 1.07. The summed E-state index contributed by atoms with van der Waals surface area (Å²) >= 11 is 0.929. The van der Waals surface area contributed by atoms with Crippen LogP contribution < -0.4 is 9.97 Å². The maximum absolute atomic E-state index is 10.0. The van der Waals surface area contributed by atoms with E-state index in [9.17, 15) is 5.21 Å². The molecule has 0 radical (unpaired) electrons. The zero-order valence-electron chi connectivity index (χ0n) is 3.37. The summed E-state index contributed by atoms with van der Waals surface area (Å²) in [5.74, 6) is 0.278. The van der Waals surface area contributed by atoms with Crippen LogP contribution in [0.5, 0.6) is 0 Å². The van der Waals surface area contributed by atoms with Gasteiger partial charge in [-0.05, 0) is 0 Å². The second kappa shape index (κ2) is 1.34. The lowest BCUT2D eigenvalue weighted by Crippen LogP contribution is -2.23. The topological polar surface area (TPSA) is 65.8 Å². The van der Waals surface area contributed by atoms with Crippen LogP contribution in [0.25, 0.3) is 0 Å². The van der Waals surface area contributed by atoms with E-state index in [0.717, 1.165) is 11.5 Å². The Morgan fingerprint density at radius 3 is 2.86 bits per heavy atom. The van der Waals surface area contributed by atoms with Gasteiger partial charge in [0.25, 0.3) is 0 Å². The van der Waals surface area contributed by atoms with Crippen LogP contribution in [0.2, 0.25) is 0 Å². The van der Waals surface area contributed by atoms with Gasteiger partial charge in [0, 0.05) is 9.33 Å². The molecular weight excluding hydrogens is 114 g/mol. The first kappa shape index (κ1) is 4.32. The van der Waals surface area contributed by atoms with Crippen molar-refractivity contribution in [3.8, 4) is 0 Å². The van der Waals surface area contributed by atoms with Crippen molar-refractivity contribution in [2.24, 2.45) is 0 Å². The summed E-state index contributed by atoms with van der Waals surface area (Å²) in [6, 6.07) is 0. The number of hydrogen-bond donors (Lipinski definition) is 1. The molecule has 0 aliphatic carbocycles. The standard InChI is InChI=1S/C2H3N3OS/c3-2-1-7-5(6)4-2/h1H,3H2. The fourth-order valence-electron chi connectivity index (χ4n) is 0.241. The number of hydrogen-bond acceptors (Lipinski definition) is 4. The van der Waals surface area contributed by atoms with Gasteiger partial charge < -0.3 is 10.9 Å². The van der Waals surface area contributed by atoms with Crippen molar-refractivity contribution in [2.75, 3.05) is 5.73 Å². The highest BCUT2D eigenvalue weighted by atomic mass is 32.1. The van der Waals surface area contributed by atoms with E-state index in [1.165, 1.54) is 5.38 Å². The highest BCUT2D eigenvalue weighted by Crippen LogP contribution is 1.92. The van der Waals surface area contributed by atoms with Gasteiger partial charge in [-0.15, -0.1) is 0 Å². The summed E-state index contributed by atoms with van der Waals surface area (Å²) in [5.41, 5.74) is 5.06. The monoisotopic (exact) mass is 117 g/mol. The first-order valence-electron chi connectivity index (χ1n) is 1.60. The summed E-state index contributed by atoms with van der Waals surface area (Å²) in [7, 11) is 0. The summed E-state index contributed by atoms with van der Waals surface area (Å²) in [4.78, 5) is 0. The molecule has 1 aromatic heterocycles. The molecule has 0 saturated carbocycles. The minimum atomic E-state index is 0.278. The van der Waals surface area contributed by atoms with E-state index in [-0.39, 0.29) is 5.82 Å². The number of anilines is 1. The smallest absolute Gasteiger partial charge is 0.210 e. The molecule has 1 aromatic rings. The lowest BCUT2D eigenvalue weighted by molar-refractivity contribution is -0.596. The molecule has 0 bridgehead atoms. The van der Waals surface area contributed by atoms with E-state index in [1.54, 1.807) is 0 Å². The van der Waals surface area contributed by atoms with Gasteiger partial charge in [-0.3, -0.25) is 0 Å². The lowest BCUT2D eigenvalue weighted by Gasteiger charge is -1.74. The van der Waals surface area contributed by atoms with Crippen LogP contribution in [-0.4, -0.2) is 5.10 Å². The van der Waals surface area contributed by atoms with Gasteiger partial charge in [0.05, 0.1) is 0 Å². The van der Waals surface area contributed by atoms with Gasteiger partial charge in [-0.2, -0.15) is 0 Å². The first-order valence-corrected chi connectivity index (χ1v) is 2.44. The van der Waals surface area contributed by atoms with Gasteiger partial charge in [0.1, 0.15) is 5.38 Å². The van der Waals surface area contributed by atoms with Gasteiger partial charge in [0.15, 0.2) is 11.5 Å². The Kier molecular flexibility index (Phi) is 0.828. The number of nitrogens with two attached hydrogens (primary N) is 1. The van der Waals surface area contributed by atoms with E-state index in [4.69, 9.17) is 5.73 Å². The van der Waals surface area contributed by atoms with Gasteiger partial charge in [0.2, 0.25) is 5.82 Å². The summed E-state index contributed by atoms with van der Waals surface area (Å²) in [5, 5.41) is 14.8. The van der Waals surface area contributed by atoms with Crippen LogP contribution in [0.15, 0.2) is 5.38 Å². The molecule has 0 saturated heterocycles. The Morgan fingerprint density at radius 1 is 2.00 bits per heavy atom. The third kappa shape index (κ3) is 0.774. The Morgan fingerprint density at radius 2 is 2.71 bits per heavy atom. The number of nitrogen functional groups attached to an aromatic ring is 1. The maximum Gasteiger partial charge on any atom is 0.210 e. The summed E-state index contributed by atoms with van der Waals surface area (Å²) < 4.78 is 0.454. The Hall–Kier alpha value is -0.840. The maximum atomic E-state index is 10.0. The highest BCUT2D eigenvalue weighted by molar-refractivity contribution is 6.99. The van der Waals surface area contributed by atoms with Crippen molar-refractivity contribution in [3.05, 3.63) is 10.6 Å². The summed E-state index contributed by atoms with van der Waals surface area (Å²) in [6.07, 6.45) is 0. The molecule has 0 aromatic carbocycles. The van der Waals surface area contributed by atoms with E-state index in [2.05, 4.69) is 5.10 Å². The van der Waals surface area contributed by atoms with Gasteiger partial charge >= 0.3 is 0 Å². The highest BCUT2D eigenvalue weighted by Gasteiger charge is 1.93. The van der Waals surface area contributed by atoms with Crippen LogP contribution in [0.3, 0.4) is 0 Å². The van der Waals surface area contributed by atoms with E-state index in [0.29, 0.717) is 4.23 Å². The predicted molar refractivity (Wildman–Crippen MR) is 25.5 cm³/mol. The average molecular weight is 117 g/mol. The van der Waals surface area contributed by atoms with Gasteiger partial charge in [-0.1, -0.05) is 0 Å². The molecule has 1 heterocycles. The van der Waals surface area contributed by atoms with Crippen LogP contribution in [0, 0.1) is 5.21 Å². The average Bonchev–Trinajstić information content (AvgIpc) is 1.87. The molecule has 2 N–H and O–H groups in total. The zero-order chi connectivity index (χ0) is 5.28. The second-order valence-electron chi connectivity index (χ2n) is 0.986. The van der Waals surface area contributed by atoms with E-state index >= 15 is 0 Å². The first-order chi connectivity index (χ1) is 3.29. The number of nitrogens with zero attached hydrogens (tertiary/aromatic N) is 2. The van der Waals surface area contributed by atoms with Crippen molar-refractivity contribution in [1.82, 2.24) is 5.10 Å². The molecule has 1 rings (SSSR count). The predicted octanol–water partition coefficient (Wildman–Crippen LogP) is -0.641. The molecule has 0 amide bonds. The molecule has 0 atom stereocenters. The molecule has 0 spiro atoms. The SMILES string of the molecule is Nc1cs[n+]([O-])n1. The summed E-state index contributed by atoms with van der Waals surface area (Å²) in [6.45, 7) is 0. The molecule has 4 nitrogen and oxygen atoms in total. The van der Waals surface area contributed by atoms with Crippen molar-refractivity contribution >= 4 is 17.4 Å². The molecular formula is C2H3N3OS. The molecule has 0 fully saturated rings. The molecule has 7 heavy (non-hydrogen) atoms. The van der Waals surface area contributed by atoms with E-state index in [1.807, 2.05) is 0 Å². The van der Waals surface area contributed by atoms with Crippen LogP contribution in [0.1, 0.15) is 0 Å². The number of rotatable bonds is 0. The fourth-order valence-corrected chi connectivity index (χ4v) is 0.627. The lowest BCUT2D eigenvalue weighted by atomic mass is 10.9. The Labute approximate surface area is 43.9 Å². The van der Waals surface area contributed by atoms with Crippen molar-refractivity contribution in [3.63, 3.8) is 0 Å². The molecule has 5 heteroatoms. The Bertz CT molecular complexity index is 145. The van der Waals surface area contributed by atoms with Crippen LogP contribution in [-0.2, 0) is 0 Å². The zero-order valence-corrected chi connectivity index (χ0v) is 4.18. The second-order valence-corrected chi connectivity index (χ2v) is 1.74.